The first-order valence-corrected chi connectivity index (χ1v) is 6.10. The summed E-state index contributed by atoms with van der Waals surface area (Å²) in [5.41, 5.74) is 0. The number of carbonyl (C=O) groups excluding carboxylic acids is 2. The lowest BCUT2D eigenvalue weighted by Crippen LogP contribution is -2.35. The fraction of sp³-hybridized carbons (Fsp3) is 0.833. The van der Waals surface area contributed by atoms with Crippen molar-refractivity contribution in [2.24, 2.45) is 11.8 Å². The SMILES string of the molecule is COC(=O)C1CCN(C(=O)C2COC(C)C2)C1. The van der Waals surface area contributed by atoms with Crippen LogP contribution >= 0.6 is 0 Å². The van der Waals surface area contributed by atoms with Crippen molar-refractivity contribution in [3.63, 3.8) is 0 Å². The molecule has 0 aliphatic carbocycles. The second-order valence-corrected chi connectivity index (χ2v) is 4.87. The van der Waals surface area contributed by atoms with Gasteiger partial charge in [0.2, 0.25) is 5.91 Å². The predicted octanol–water partition coefficient (Wildman–Crippen LogP) is 0.433. The molecule has 0 bridgehead atoms. The summed E-state index contributed by atoms with van der Waals surface area (Å²) in [7, 11) is 1.39. The van der Waals surface area contributed by atoms with Crippen molar-refractivity contribution < 1.29 is 19.1 Å². The highest BCUT2D eigenvalue weighted by molar-refractivity contribution is 5.81. The lowest BCUT2D eigenvalue weighted by Gasteiger charge is -2.19. The lowest BCUT2D eigenvalue weighted by atomic mass is 10.0. The molecule has 0 spiro atoms. The van der Waals surface area contributed by atoms with Crippen molar-refractivity contribution in [2.45, 2.75) is 25.9 Å². The number of ether oxygens (including phenoxy) is 2. The Balaban J connectivity index is 1.88. The Labute approximate surface area is 101 Å². The first-order chi connectivity index (χ1) is 8.11. The highest BCUT2D eigenvalue weighted by atomic mass is 16.5. The lowest BCUT2D eigenvalue weighted by molar-refractivity contribution is -0.145. The van der Waals surface area contributed by atoms with Crippen molar-refractivity contribution in [3.05, 3.63) is 0 Å². The molecule has 0 aromatic rings. The minimum Gasteiger partial charge on any atom is -0.469 e. The Morgan fingerprint density at radius 3 is 2.71 bits per heavy atom. The Hall–Kier alpha value is -1.10. The average Bonchev–Trinajstić information content (AvgIpc) is 2.95. The first kappa shape index (κ1) is 12.4. The van der Waals surface area contributed by atoms with Gasteiger partial charge < -0.3 is 14.4 Å². The maximum absolute atomic E-state index is 12.1. The third-order valence-electron chi connectivity index (χ3n) is 3.58. The van der Waals surface area contributed by atoms with Crippen LogP contribution in [0.2, 0.25) is 0 Å². The van der Waals surface area contributed by atoms with Crippen LogP contribution in [-0.4, -0.2) is 49.7 Å². The molecule has 2 rings (SSSR count). The molecule has 1 amide bonds. The van der Waals surface area contributed by atoms with Crippen LogP contribution in [0.25, 0.3) is 0 Å². The first-order valence-electron chi connectivity index (χ1n) is 6.10. The van der Waals surface area contributed by atoms with E-state index in [0.29, 0.717) is 26.1 Å². The summed E-state index contributed by atoms with van der Waals surface area (Å²) in [6, 6.07) is 0. The standard InChI is InChI=1S/C12H19NO4/c1-8-5-10(7-17-8)11(14)13-4-3-9(6-13)12(15)16-2/h8-10H,3-7H2,1-2H3. The molecule has 96 valence electrons. The van der Waals surface area contributed by atoms with E-state index >= 15 is 0 Å². The molecule has 5 heteroatoms. The zero-order chi connectivity index (χ0) is 12.4. The molecule has 0 radical (unpaired) electrons. The zero-order valence-electron chi connectivity index (χ0n) is 10.3. The molecule has 3 unspecified atom stereocenters. The molecule has 3 atom stereocenters. The van der Waals surface area contributed by atoms with Gasteiger partial charge in [-0.1, -0.05) is 0 Å². The van der Waals surface area contributed by atoms with Gasteiger partial charge in [-0.15, -0.1) is 0 Å². The summed E-state index contributed by atoms with van der Waals surface area (Å²) in [5.74, 6) is -0.262. The van der Waals surface area contributed by atoms with E-state index in [9.17, 15) is 9.59 Å². The molecule has 0 saturated carbocycles. The normalized spacial score (nSPS) is 32.8. The highest BCUT2D eigenvalue weighted by Gasteiger charge is 2.37. The average molecular weight is 241 g/mol. The van der Waals surface area contributed by atoms with Gasteiger partial charge in [-0.05, 0) is 19.8 Å². The predicted molar refractivity (Wildman–Crippen MR) is 60.2 cm³/mol. The maximum Gasteiger partial charge on any atom is 0.310 e. The maximum atomic E-state index is 12.1. The van der Waals surface area contributed by atoms with Crippen LogP contribution in [-0.2, 0) is 19.1 Å². The minimum atomic E-state index is -0.212. The van der Waals surface area contributed by atoms with Gasteiger partial charge in [-0.3, -0.25) is 9.59 Å². The van der Waals surface area contributed by atoms with Gasteiger partial charge in [0.05, 0.1) is 31.7 Å². The topological polar surface area (TPSA) is 55.8 Å². The van der Waals surface area contributed by atoms with Crippen LogP contribution in [0.5, 0.6) is 0 Å². The van der Waals surface area contributed by atoms with E-state index in [1.54, 1.807) is 4.90 Å². The summed E-state index contributed by atoms with van der Waals surface area (Å²) < 4.78 is 10.1. The van der Waals surface area contributed by atoms with Gasteiger partial charge in [-0.2, -0.15) is 0 Å². The second-order valence-electron chi connectivity index (χ2n) is 4.87. The number of esters is 1. The van der Waals surface area contributed by atoms with Crippen LogP contribution < -0.4 is 0 Å². The monoisotopic (exact) mass is 241 g/mol. The quantitative estimate of drug-likeness (QED) is 0.658. The summed E-state index contributed by atoms with van der Waals surface area (Å²) in [5, 5.41) is 0. The van der Waals surface area contributed by atoms with E-state index in [2.05, 4.69) is 0 Å². The molecule has 0 aromatic heterocycles. The third kappa shape index (κ3) is 2.60. The van der Waals surface area contributed by atoms with Gasteiger partial charge in [-0.25, -0.2) is 0 Å². The van der Waals surface area contributed by atoms with Crippen molar-refractivity contribution in [2.75, 3.05) is 26.8 Å². The number of likely N-dealkylation sites (tertiary alicyclic amines) is 1. The number of nitrogens with zero attached hydrogens (tertiary/aromatic N) is 1. The molecule has 2 aliphatic heterocycles. The van der Waals surface area contributed by atoms with Crippen molar-refractivity contribution in [1.82, 2.24) is 4.90 Å². The Morgan fingerprint density at radius 2 is 2.12 bits per heavy atom. The second kappa shape index (κ2) is 5.04. The molecule has 17 heavy (non-hydrogen) atoms. The van der Waals surface area contributed by atoms with Gasteiger partial charge >= 0.3 is 5.97 Å². The van der Waals surface area contributed by atoms with E-state index < -0.39 is 0 Å². The number of rotatable bonds is 2. The Bertz CT molecular complexity index is 318. The summed E-state index contributed by atoms with van der Waals surface area (Å²) in [4.78, 5) is 25.3. The number of amides is 1. The Morgan fingerprint density at radius 1 is 1.35 bits per heavy atom. The largest absolute Gasteiger partial charge is 0.469 e. The molecular formula is C12H19NO4. The van der Waals surface area contributed by atoms with Crippen LogP contribution in [0.1, 0.15) is 19.8 Å². The van der Waals surface area contributed by atoms with Crippen molar-refractivity contribution >= 4 is 11.9 Å². The molecule has 0 aromatic carbocycles. The van der Waals surface area contributed by atoms with Gasteiger partial charge in [0, 0.05) is 13.1 Å². The van der Waals surface area contributed by atoms with E-state index in [1.807, 2.05) is 6.92 Å². The molecule has 2 saturated heterocycles. The molecule has 2 heterocycles. The number of carbonyl (C=O) groups is 2. The molecule has 5 nitrogen and oxygen atoms in total. The van der Waals surface area contributed by atoms with Crippen molar-refractivity contribution in [1.29, 1.82) is 0 Å². The molecule has 2 fully saturated rings. The number of methoxy groups -OCH3 is 1. The molecular weight excluding hydrogens is 222 g/mol. The van der Waals surface area contributed by atoms with E-state index in [0.717, 1.165) is 6.42 Å². The summed E-state index contributed by atoms with van der Waals surface area (Å²) >= 11 is 0. The van der Waals surface area contributed by atoms with Gasteiger partial charge in [0.1, 0.15) is 0 Å². The van der Waals surface area contributed by atoms with Crippen LogP contribution in [0.15, 0.2) is 0 Å². The van der Waals surface area contributed by atoms with E-state index in [-0.39, 0.29) is 29.8 Å². The van der Waals surface area contributed by atoms with Crippen molar-refractivity contribution in [3.8, 4) is 0 Å². The number of hydrogen-bond donors (Lipinski definition) is 0. The molecule has 0 N–H and O–H groups in total. The number of hydrogen-bond acceptors (Lipinski definition) is 4. The summed E-state index contributed by atoms with van der Waals surface area (Å²) in [6.45, 7) is 3.65. The van der Waals surface area contributed by atoms with Gasteiger partial charge in [0.25, 0.3) is 0 Å². The van der Waals surface area contributed by atoms with Crippen LogP contribution in [0.3, 0.4) is 0 Å². The third-order valence-corrected chi connectivity index (χ3v) is 3.58. The Kier molecular flexibility index (Phi) is 3.66. The van der Waals surface area contributed by atoms with E-state index in [4.69, 9.17) is 9.47 Å². The van der Waals surface area contributed by atoms with Gasteiger partial charge in [0.15, 0.2) is 0 Å². The minimum absolute atomic E-state index is 0.0265. The smallest absolute Gasteiger partial charge is 0.310 e. The van der Waals surface area contributed by atoms with Crippen LogP contribution in [0, 0.1) is 11.8 Å². The summed E-state index contributed by atoms with van der Waals surface area (Å²) in [6.07, 6.45) is 1.67. The zero-order valence-corrected chi connectivity index (χ0v) is 10.3. The van der Waals surface area contributed by atoms with E-state index in [1.165, 1.54) is 7.11 Å². The van der Waals surface area contributed by atoms with Crippen LogP contribution in [0.4, 0.5) is 0 Å². The fourth-order valence-corrected chi connectivity index (χ4v) is 2.57. The fourth-order valence-electron chi connectivity index (χ4n) is 2.57. The molecule has 2 aliphatic rings. The highest BCUT2D eigenvalue weighted by Crippen LogP contribution is 2.25.